The fourth-order valence-electron chi connectivity index (χ4n) is 1.62. The maximum atomic E-state index is 10.7. The standard InChI is InChI=1S/C12H14N4O/c1-8(2)7-9-3-5-10(6-4-9)11-13-15-12(17)16-14-11/h3-6,8H,7H2,1-2H3,(H,15,16,17). The van der Waals surface area contributed by atoms with E-state index in [0.29, 0.717) is 11.7 Å². The van der Waals surface area contributed by atoms with Crippen molar-refractivity contribution in [3.63, 3.8) is 0 Å². The number of hydrogen-bond donors (Lipinski definition) is 1. The number of rotatable bonds is 3. The van der Waals surface area contributed by atoms with E-state index < -0.39 is 5.69 Å². The third kappa shape index (κ3) is 2.96. The lowest BCUT2D eigenvalue weighted by Gasteiger charge is -2.05. The Hall–Kier alpha value is -2.04. The first-order valence-electron chi connectivity index (χ1n) is 5.54. The van der Waals surface area contributed by atoms with E-state index in [4.69, 9.17) is 0 Å². The molecule has 2 aromatic rings. The summed E-state index contributed by atoms with van der Waals surface area (Å²) in [6, 6.07) is 7.97. The van der Waals surface area contributed by atoms with E-state index in [1.807, 2.05) is 24.3 Å². The summed E-state index contributed by atoms with van der Waals surface area (Å²) in [5, 5.41) is 13.2. The number of aromatic amines is 1. The molecule has 0 unspecified atom stereocenters. The molecule has 0 atom stereocenters. The van der Waals surface area contributed by atoms with Crippen LogP contribution in [0.25, 0.3) is 11.4 Å². The van der Waals surface area contributed by atoms with Crippen LogP contribution in [0.15, 0.2) is 29.1 Å². The van der Waals surface area contributed by atoms with Gasteiger partial charge in [-0.15, -0.1) is 10.2 Å². The Morgan fingerprint density at radius 1 is 1.18 bits per heavy atom. The fraction of sp³-hybridized carbons (Fsp3) is 0.333. The number of hydrogen-bond acceptors (Lipinski definition) is 4. The van der Waals surface area contributed by atoms with Gasteiger partial charge < -0.3 is 0 Å². The van der Waals surface area contributed by atoms with Crippen molar-refractivity contribution in [3.05, 3.63) is 40.3 Å². The summed E-state index contributed by atoms with van der Waals surface area (Å²) in [4.78, 5) is 10.7. The number of nitrogens with zero attached hydrogens (tertiary/aromatic N) is 3. The molecule has 0 amide bonds. The number of nitrogens with one attached hydrogen (secondary N) is 1. The lowest BCUT2D eigenvalue weighted by molar-refractivity contribution is 0.647. The Labute approximate surface area is 98.9 Å². The molecule has 0 aliphatic rings. The maximum Gasteiger partial charge on any atom is 0.380 e. The Balaban J connectivity index is 2.23. The average molecular weight is 230 g/mol. The number of H-pyrrole nitrogens is 1. The van der Waals surface area contributed by atoms with Crippen molar-refractivity contribution >= 4 is 0 Å². The second-order valence-corrected chi connectivity index (χ2v) is 4.35. The Bertz CT molecular complexity index is 525. The summed E-state index contributed by atoms with van der Waals surface area (Å²) in [7, 11) is 0. The van der Waals surface area contributed by atoms with E-state index in [1.54, 1.807) is 0 Å². The van der Waals surface area contributed by atoms with Crippen LogP contribution in [-0.4, -0.2) is 20.4 Å². The molecular weight excluding hydrogens is 216 g/mol. The van der Waals surface area contributed by atoms with Gasteiger partial charge in [0.1, 0.15) is 0 Å². The first-order chi connectivity index (χ1) is 8.15. The molecular formula is C12H14N4O. The monoisotopic (exact) mass is 230 g/mol. The summed E-state index contributed by atoms with van der Waals surface area (Å²) >= 11 is 0. The van der Waals surface area contributed by atoms with E-state index in [0.717, 1.165) is 12.0 Å². The summed E-state index contributed by atoms with van der Waals surface area (Å²) < 4.78 is 0. The first-order valence-corrected chi connectivity index (χ1v) is 5.54. The van der Waals surface area contributed by atoms with Crippen molar-refractivity contribution in [1.82, 2.24) is 20.4 Å². The van der Waals surface area contributed by atoms with E-state index in [-0.39, 0.29) is 0 Å². The predicted octanol–water partition coefficient (Wildman–Crippen LogP) is 1.43. The van der Waals surface area contributed by atoms with Crippen LogP contribution in [0.5, 0.6) is 0 Å². The Morgan fingerprint density at radius 3 is 2.41 bits per heavy atom. The predicted molar refractivity (Wildman–Crippen MR) is 64.4 cm³/mol. The van der Waals surface area contributed by atoms with Crippen molar-refractivity contribution in [3.8, 4) is 11.4 Å². The van der Waals surface area contributed by atoms with Crippen LogP contribution in [0.2, 0.25) is 0 Å². The van der Waals surface area contributed by atoms with E-state index in [9.17, 15) is 4.79 Å². The molecule has 2 rings (SSSR count). The van der Waals surface area contributed by atoms with E-state index >= 15 is 0 Å². The smallest absolute Gasteiger partial charge is 0.243 e. The summed E-state index contributed by atoms with van der Waals surface area (Å²) in [5.74, 6) is 1.06. The third-order valence-electron chi connectivity index (χ3n) is 2.35. The first kappa shape index (κ1) is 11.4. The van der Waals surface area contributed by atoms with E-state index in [1.165, 1.54) is 5.56 Å². The molecule has 0 bridgehead atoms. The SMILES string of the molecule is CC(C)Cc1ccc(-c2nnc(=O)[nH]n2)cc1. The van der Waals surface area contributed by atoms with Gasteiger partial charge in [0.05, 0.1) is 0 Å². The highest BCUT2D eigenvalue weighted by Crippen LogP contribution is 2.15. The summed E-state index contributed by atoms with van der Waals surface area (Å²) in [6.07, 6.45) is 1.05. The molecule has 1 N–H and O–H groups in total. The largest absolute Gasteiger partial charge is 0.380 e. The molecule has 0 fully saturated rings. The van der Waals surface area contributed by atoms with Gasteiger partial charge >= 0.3 is 5.69 Å². The molecule has 5 heteroatoms. The lowest BCUT2D eigenvalue weighted by atomic mass is 10.0. The van der Waals surface area contributed by atoms with Crippen molar-refractivity contribution in [2.24, 2.45) is 5.92 Å². The van der Waals surface area contributed by atoms with Crippen LogP contribution in [0, 0.1) is 5.92 Å². The summed E-state index contributed by atoms with van der Waals surface area (Å²) in [6.45, 7) is 4.37. The zero-order valence-corrected chi connectivity index (χ0v) is 9.84. The zero-order valence-electron chi connectivity index (χ0n) is 9.84. The van der Waals surface area contributed by atoms with Gasteiger partial charge in [0, 0.05) is 5.56 Å². The minimum Gasteiger partial charge on any atom is -0.243 e. The van der Waals surface area contributed by atoms with Crippen LogP contribution < -0.4 is 5.69 Å². The third-order valence-corrected chi connectivity index (χ3v) is 2.35. The van der Waals surface area contributed by atoms with Gasteiger partial charge in [-0.25, -0.2) is 9.89 Å². The molecule has 0 aliphatic carbocycles. The van der Waals surface area contributed by atoms with Crippen LogP contribution in [0.3, 0.4) is 0 Å². The molecule has 1 aromatic heterocycles. The molecule has 1 heterocycles. The van der Waals surface area contributed by atoms with Crippen molar-refractivity contribution < 1.29 is 0 Å². The minimum absolute atomic E-state index is 0.431. The maximum absolute atomic E-state index is 10.7. The molecule has 0 radical (unpaired) electrons. The number of aromatic nitrogens is 4. The Kier molecular flexibility index (Phi) is 3.27. The van der Waals surface area contributed by atoms with Gasteiger partial charge in [-0.05, 0) is 17.9 Å². The average Bonchev–Trinajstić information content (AvgIpc) is 2.30. The highest BCUT2D eigenvalue weighted by Gasteiger charge is 2.03. The van der Waals surface area contributed by atoms with Crippen LogP contribution >= 0.6 is 0 Å². The quantitative estimate of drug-likeness (QED) is 0.865. The van der Waals surface area contributed by atoms with Crippen molar-refractivity contribution in [1.29, 1.82) is 0 Å². The molecule has 0 saturated carbocycles. The molecule has 17 heavy (non-hydrogen) atoms. The molecule has 5 nitrogen and oxygen atoms in total. The highest BCUT2D eigenvalue weighted by atomic mass is 16.1. The fourth-order valence-corrected chi connectivity index (χ4v) is 1.62. The molecule has 1 aromatic carbocycles. The minimum atomic E-state index is -0.537. The van der Waals surface area contributed by atoms with Crippen molar-refractivity contribution in [2.75, 3.05) is 0 Å². The zero-order chi connectivity index (χ0) is 12.3. The normalized spacial score (nSPS) is 10.8. The molecule has 0 saturated heterocycles. The number of benzene rings is 1. The molecule has 0 aliphatic heterocycles. The highest BCUT2D eigenvalue weighted by molar-refractivity contribution is 5.53. The molecule has 0 spiro atoms. The Morgan fingerprint density at radius 2 is 1.88 bits per heavy atom. The van der Waals surface area contributed by atoms with Gasteiger partial charge in [0.2, 0.25) is 5.82 Å². The molecule has 88 valence electrons. The van der Waals surface area contributed by atoms with Gasteiger partial charge in [0.15, 0.2) is 0 Å². The van der Waals surface area contributed by atoms with Crippen LogP contribution in [0.1, 0.15) is 19.4 Å². The lowest BCUT2D eigenvalue weighted by Crippen LogP contribution is -2.14. The second-order valence-electron chi connectivity index (χ2n) is 4.35. The van der Waals surface area contributed by atoms with Crippen molar-refractivity contribution in [2.45, 2.75) is 20.3 Å². The topological polar surface area (TPSA) is 71.5 Å². The van der Waals surface area contributed by atoms with Crippen LogP contribution in [0.4, 0.5) is 0 Å². The summed E-state index contributed by atoms with van der Waals surface area (Å²) in [5.41, 5.74) is 1.59. The van der Waals surface area contributed by atoms with Gasteiger partial charge in [-0.2, -0.15) is 0 Å². The van der Waals surface area contributed by atoms with Gasteiger partial charge in [0.25, 0.3) is 0 Å². The van der Waals surface area contributed by atoms with Gasteiger partial charge in [-0.3, -0.25) is 0 Å². The van der Waals surface area contributed by atoms with Crippen LogP contribution in [-0.2, 0) is 6.42 Å². The second kappa shape index (κ2) is 4.86. The van der Waals surface area contributed by atoms with Gasteiger partial charge in [-0.1, -0.05) is 43.2 Å². The van der Waals surface area contributed by atoms with E-state index in [2.05, 4.69) is 34.2 Å².